The van der Waals surface area contributed by atoms with E-state index in [1.165, 1.54) is 18.2 Å². The third kappa shape index (κ3) is 5.35. The lowest BCUT2D eigenvalue weighted by molar-refractivity contribution is -0.384. The van der Waals surface area contributed by atoms with E-state index in [0.717, 1.165) is 32.8 Å². The SMILES string of the molecule is Cc1cc(C)c([C@@H](C)NC(=O)CN(c2cc([N+](=O)[O-])ccc2C)S(C)(=O)=O)cc1C. The number of hydrogen-bond acceptors (Lipinski definition) is 5. The monoisotopic (exact) mass is 433 g/mol. The summed E-state index contributed by atoms with van der Waals surface area (Å²) in [5, 5.41) is 13.9. The van der Waals surface area contributed by atoms with Crippen LogP contribution in [0, 0.1) is 37.8 Å². The van der Waals surface area contributed by atoms with E-state index < -0.39 is 27.4 Å². The highest BCUT2D eigenvalue weighted by molar-refractivity contribution is 7.92. The van der Waals surface area contributed by atoms with E-state index in [0.29, 0.717) is 5.56 Å². The summed E-state index contributed by atoms with van der Waals surface area (Å²) in [6.45, 7) is 8.95. The Balaban J connectivity index is 2.31. The Morgan fingerprint density at radius 2 is 1.67 bits per heavy atom. The number of amides is 1. The van der Waals surface area contributed by atoms with Crippen LogP contribution in [-0.2, 0) is 14.8 Å². The molecule has 0 aliphatic carbocycles. The van der Waals surface area contributed by atoms with Gasteiger partial charge in [-0.15, -0.1) is 0 Å². The minimum atomic E-state index is -3.85. The molecule has 2 aromatic rings. The summed E-state index contributed by atoms with van der Waals surface area (Å²) >= 11 is 0. The molecule has 0 unspecified atom stereocenters. The number of rotatable bonds is 7. The highest BCUT2D eigenvalue weighted by atomic mass is 32.2. The van der Waals surface area contributed by atoms with Gasteiger partial charge >= 0.3 is 0 Å². The molecule has 2 aromatic carbocycles. The van der Waals surface area contributed by atoms with Crippen molar-refractivity contribution in [3.05, 3.63) is 68.3 Å². The van der Waals surface area contributed by atoms with Gasteiger partial charge in [0.25, 0.3) is 5.69 Å². The van der Waals surface area contributed by atoms with E-state index in [1.54, 1.807) is 6.92 Å². The van der Waals surface area contributed by atoms with Gasteiger partial charge in [0.2, 0.25) is 15.9 Å². The highest BCUT2D eigenvalue weighted by Gasteiger charge is 2.25. The maximum Gasteiger partial charge on any atom is 0.271 e. The van der Waals surface area contributed by atoms with Gasteiger partial charge in [-0.2, -0.15) is 0 Å². The molecule has 0 aliphatic rings. The van der Waals surface area contributed by atoms with Gasteiger partial charge in [-0.3, -0.25) is 19.2 Å². The first-order valence-electron chi connectivity index (χ1n) is 9.41. The Bertz CT molecular complexity index is 1100. The second kappa shape index (κ2) is 8.83. The highest BCUT2D eigenvalue weighted by Crippen LogP contribution is 2.27. The van der Waals surface area contributed by atoms with Gasteiger partial charge in [0, 0.05) is 12.1 Å². The van der Waals surface area contributed by atoms with Gasteiger partial charge in [-0.25, -0.2) is 8.42 Å². The van der Waals surface area contributed by atoms with Crippen molar-refractivity contribution < 1.29 is 18.1 Å². The first-order chi connectivity index (χ1) is 13.8. The van der Waals surface area contributed by atoms with Crippen molar-refractivity contribution in [3.63, 3.8) is 0 Å². The van der Waals surface area contributed by atoms with E-state index in [-0.39, 0.29) is 17.4 Å². The molecule has 0 spiro atoms. The average Bonchev–Trinajstić information content (AvgIpc) is 2.62. The molecule has 0 aliphatic heterocycles. The van der Waals surface area contributed by atoms with E-state index in [9.17, 15) is 23.3 Å². The number of nitrogens with zero attached hydrogens (tertiary/aromatic N) is 2. The zero-order valence-corrected chi connectivity index (χ0v) is 18.8. The molecule has 1 amide bonds. The molecule has 2 rings (SSSR count). The van der Waals surface area contributed by atoms with Gasteiger partial charge in [0.05, 0.1) is 22.9 Å². The van der Waals surface area contributed by atoms with Crippen molar-refractivity contribution in [3.8, 4) is 0 Å². The molecule has 0 aromatic heterocycles. The predicted molar refractivity (Wildman–Crippen MR) is 117 cm³/mol. The average molecular weight is 434 g/mol. The number of benzene rings is 2. The van der Waals surface area contributed by atoms with Gasteiger partial charge in [0.1, 0.15) is 6.54 Å². The van der Waals surface area contributed by atoms with Crippen molar-refractivity contribution in [2.45, 2.75) is 40.7 Å². The normalized spacial score (nSPS) is 12.3. The third-order valence-corrected chi connectivity index (χ3v) is 6.21. The Labute approximate surface area is 177 Å². The number of nitrogens with one attached hydrogen (secondary N) is 1. The van der Waals surface area contributed by atoms with Crippen molar-refractivity contribution in [1.29, 1.82) is 0 Å². The van der Waals surface area contributed by atoms with Crippen LogP contribution in [0.2, 0.25) is 0 Å². The van der Waals surface area contributed by atoms with Crippen LogP contribution in [0.4, 0.5) is 11.4 Å². The summed E-state index contributed by atoms with van der Waals surface area (Å²) in [5.74, 6) is -0.503. The summed E-state index contributed by atoms with van der Waals surface area (Å²) in [6, 6.07) is 7.65. The Kier molecular flexibility index (Phi) is 6.87. The molecular weight excluding hydrogens is 406 g/mol. The van der Waals surface area contributed by atoms with Crippen molar-refractivity contribution >= 4 is 27.3 Å². The summed E-state index contributed by atoms with van der Waals surface area (Å²) in [7, 11) is -3.85. The second-order valence-corrected chi connectivity index (χ2v) is 9.49. The standard InChI is InChI=1S/C21H27N3O5S/c1-13-7-8-18(24(26)27)11-20(13)23(30(6,28)29)12-21(25)22-17(5)19-10-15(3)14(2)9-16(19)4/h7-11,17H,12H2,1-6H3,(H,22,25)/t17-/m1/s1. The number of nitro benzene ring substituents is 1. The minimum absolute atomic E-state index is 0.108. The number of nitro groups is 1. The zero-order valence-electron chi connectivity index (χ0n) is 18.0. The van der Waals surface area contributed by atoms with E-state index in [1.807, 2.05) is 39.8 Å². The largest absolute Gasteiger partial charge is 0.348 e. The van der Waals surface area contributed by atoms with E-state index in [2.05, 4.69) is 5.32 Å². The number of non-ortho nitro benzene ring substituents is 1. The fourth-order valence-electron chi connectivity index (χ4n) is 3.31. The second-order valence-electron chi connectivity index (χ2n) is 7.58. The van der Waals surface area contributed by atoms with Crippen molar-refractivity contribution in [1.82, 2.24) is 5.32 Å². The molecule has 0 saturated carbocycles. The van der Waals surface area contributed by atoms with Crippen molar-refractivity contribution in [2.24, 2.45) is 0 Å². The lowest BCUT2D eigenvalue weighted by Crippen LogP contribution is -2.41. The van der Waals surface area contributed by atoms with Crippen LogP contribution in [0.25, 0.3) is 0 Å². The predicted octanol–water partition coefficient (Wildman–Crippen LogP) is 3.47. The molecule has 162 valence electrons. The number of carbonyl (C=O) groups is 1. The van der Waals surface area contributed by atoms with Gasteiger partial charge in [0.15, 0.2) is 0 Å². The molecular formula is C21H27N3O5S. The number of sulfonamides is 1. The Morgan fingerprint density at radius 1 is 1.07 bits per heavy atom. The maximum absolute atomic E-state index is 12.7. The van der Waals surface area contributed by atoms with E-state index >= 15 is 0 Å². The maximum atomic E-state index is 12.7. The van der Waals surface area contributed by atoms with Crippen molar-refractivity contribution in [2.75, 3.05) is 17.1 Å². The molecule has 0 radical (unpaired) electrons. The van der Waals surface area contributed by atoms with E-state index in [4.69, 9.17) is 0 Å². The van der Waals surface area contributed by atoms with Gasteiger partial charge < -0.3 is 5.32 Å². The molecule has 8 nitrogen and oxygen atoms in total. The number of aryl methyl sites for hydroxylation is 4. The Hall–Kier alpha value is -2.94. The number of hydrogen-bond donors (Lipinski definition) is 1. The molecule has 0 fully saturated rings. The fourth-order valence-corrected chi connectivity index (χ4v) is 4.21. The molecule has 0 heterocycles. The first kappa shape index (κ1) is 23.3. The molecule has 0 bridgehead atoms. The lowest BCUT2D eigenvalue weighted by atomic mass is 9.96. The van der Waals surface area contributed by atoms with Gasteiger partial charge in [-0.1, -0.05) is 18.2 Å². The molecule has 30 heavy (non-hydrogen) atoms. The third-order valence-electron chi connectivity index (χ3n) is 5.09. The summed E-state index contributed by atoms with van der Waals surface area (Å²) < 4.78 is 25.6. The van der Waals surface area contributed by atoms with Gasteiger partial charge in [-0.05, 0) is 62.4 Å². The minimum Gasteiger partial charge on any atom is -0.348 e. The number of carbonyl (C=O) groups excluding carboxylic acids is 1. The van der Waals surface area contributed by atoms with Crippen LogP contribution in [0.15, 0.2) is 30.3 Å². The lowest BCUT2D eigenvalue weighted by Gasteiger charge is -2.25. The molecule has 9 heteroatoms. The summed E-state index contributed by atoms with van der Waals surface area (Å²) in [5.41, 5.74) is 4.60. The first-order valence-corrected chi connectivity index (χ1v) is 11.3. The van der Waals surface area contributed by atoms with Crippen LogP contribution in [0.1, 0.15) is 40.8 Å². The van der Waals surface area contributed by atoms with Crippen LogP contribution >= 0.6 is 0 Å². The smallest absolute Gasteiger partial charge is 0.271 e. The topological polar surface area (TPSA) is 110 Å². The quantitative estimate of drug-likeness (QED) is 0.531. The summed E-state index contributed by atoms with van der Waals surface area (Å²) in [4.78, 5) is 23.2. The molecule has 0 saturated heterocycles. The van der Waals surface area contributed by atoms with Crippen LogP contribution < -0.4 is 9.62 Å². The van der Waals surface area contributed by atoms with Crippen LogP contribution in [0.5, 0.6) is 0 Å². The van der Waals surface area contributed by atoms with Crippen LogP contribution in [-0.4, -0.2) is 32.0 Å². The molecule has 1 N–H and O–H groups in total. The van der Waals surface area contributed by atoms with Crippen LogP contribution in [0.3, 0.4) is 0 Å². The summed E-state index contributed by atoms with van der Waals surface area (Å²) in [6.07, 6.45) is 0.968. The zero-order chi connectivity index (χ0) is 22.8. The fraction of sp³-hybridized carbons (Fsp3) is 0.381. The number of anilines is 1. The Morgan fingerprint density at radius 3 is 2.23 bits per heavy atom. The molecule has 1 atom stereocenters.